The predicted octanol–water partition coefficient (Wildman–Crippen LogP) is 1.25. The molecule has 0 bridgehead atoms. The number of nitrogens with zero attached hydrogens (tertiary/aromatic N) is 2. The zero-order valence-corrected chi connectivity index (χ0v) is 7.32. The summed E-state index contributed by atoms with van der Waals surface area (Å²) >= 11 is 0. The van der Waals surface area contributed by atoms with Crippen LogP contribution in [-0.2, 0) is 6.54 Å². The van der Waals surface area contributed by atoms with E-state index in [1.807, 2.05) is 0 Å². The van der Waals surface area contributed by atoms with Gasteiger partial charge in [0.25, 0.3) is 0 Å². The number of rotatable bonds is 3. The van der Waals surface area contributed by atoms with Gasteiger partial charge in [-0.1, -0.05) is 20.8 Å². The zero-order chi connectivity index (χ0) is 8.27. The van der Waals surface area contributed by atoms with Crippen LogP contribution in [0.4, 0.5) is 0 Å². The van der Waals surface area contributed by atoms with Crippen molar-refractivity contribution < 1.29 is 9.38 Å². The second kappa shape index (κ2) is 3.51. The molecule has 0 aliphatic heterocycles. The Morgan fingerprint density at radius 2 is 2.18 bits per heavy atom. The molecule has 62 valence electrons. The Balaban J connectivity index is 2.43. The van der Waals surface area contributed by atoms with Crippen molar-refractivity contribution in [2.75, 3.05) is 0 Å². The zero-order valence-electron chi connectivity index (χ0n) is 7.32. The Kier molecular flexibility index (Phi) is 2.63. The van der Waals surface area contributed by atoms with Crippen LogP contribution in [0.25, 0.3) is 0 Å². The molecule has 0 aliphatic carbocycles. The van der Waals surface area contributed by atoms with Crippen LogP contribution in [0, 0.1) is 11.8 Å². The van der Waals surface area contributed by atoms with Crippen molar-refractivity contribution in [1.82, 2.24) is 5.10 Å². The summed E-state index contributed by atoms with van der Waals surface area (Å²) in [4.78, 5) is 1.62. The summed E-state index contributed by atoms with van der Waals surface area (Å²) in [5.41, 5.74) is 0. The molecule has 0 spiro atoms. The topological polar surface area (TPSA) is 29.9 Å². The van der Waals surface area contributed by atoms with Gasteiger partial charge in [-0.3, -0.25) is 0 Å². The molecule has 3 heteroatoms. The summed E-state index contributed by atoms with van der Waals surface area (Å²) < 4.78 is 5.06. The van der Waals surface area contributed by atoms with Crippen molar-refractivity contribution in [2.24, 2.45) is 11.8 Å². The average Bonchev–Trinajstić information content (AvgIpc) is 2.39. The Hall–Kier alpha value is -0.860. The second-order valence-corrected chi connectivity index (χ2v) is 3.26. The maximum Gasteiger partial charge on any atom is 0.226 e. The number of hydrogen-bond acceptors (Lipinski definition) is 2. The van der Waals surface area contributed by atoms with E-state index < -0.39 is 0 Å². The van der Waals surface area contributed by atoms with Crippen LogP contribution >= 0.6 is 0 Å². The monoisotopic (exact) mass is 155 g/mol. The van der Waals surface area contributed by atoms with Gasteiger partial charge in [0, 0.05) is 11.0 Å². The minimum absolute atomic E-state index is 0.610. The van der Waals surface area contributed by atoms with Gasteiger partial charge in [0.2, 0.25) is 6.54 Å². The molecule has 1 heterocycles. The Bertz CT molecular complexity index is 194. The average molecular weight is 155 g/mol. The summed E-state index contributed by atoms with van der Waals surface area (Å²) in [5.74, 6) is 1.29. The third kappa shape index (κ3) is 2.33. The highest BCUT2D eigenvalue weighted by atomic mass is 16.5. The lowest BCUT2D eigenvalue weighted by Crippen LogP contribution is -2.39. The molecule has 0 radical (unpaired) electrons. The Morgan fingerprint density at radius 3 is 2.64 bits per heavy atom. The largest absolute Gasteiger partial charge is 0.226 e. The van der Waals surface area contributed by atoms with Gasteiger partial charge in [-0.2, -0.15) is 0 Å². The lowest BCUT2D eigenvalue weighted by molar-refractivity contribution is -0.912. The van der Waals surface area contributed by atoms with Crippen LogP contribution in [0.1, 0.15) is 20.8 Å². The van der Waals surface area contributed by atoms with E-state index >= 15 is 0 Å². The first-order chi connectivity index (χ1) is 5.20. The lowest BCUT2D eigenvalue weighted by atomic mass is 9.99. The van der Waals surface area contributed by atoms with Gasteiger partial charge in [0.15, 0.2) is 6.26 Å². The molecule has 0 saturated carbocycles. The molecule has 0 saturated heterocycles. The maximum atomic E-state index is 5.06. The van der Waals surface area contributed by atoms with Crippen LogP contribution in [-0.4, -0.2) is 5.10 Å². The van der Waals surface area contributed by atoms with Gasteiger partial charge in [0.1, 0.15) is 6.20 Å². The summed E-state index contributed by atoms with van der Waals surface area (Å²) in [6.45, 7) is 7.47. The van der Waals surface area contributed by atoms with Crippen molar-refractivity contribution >= 4 is 0 Å². The summed E-state index contributed by atoms with van der Waals surface area (Å²) in [6.07, 6.45) is 3.25. The molecular formula is C8H15N2O+. The molecule has 0 amide bonds. The van der Waals surface area contributed by atoms with Gasteiger partial charge >= 0.3 is 0 Å². The molecule has 1 aromatic rings. The maximum absolute atomic E-state index is 5.06. The molecule has 1 unspecified atom stereocenters. The summed E-state index contributed by atoms with van der Waals surface area (Å²) in [5, 5.41) is 3.99. The van der Waals surface area contributed by atoms with Crippen molar-refractivity contribution in [3.8, 4) is 0 Å². The molecule has 0 N–H and O–H groups in total. The quantitative estimate of drug-likeness (QED) is 0.615. The smallest absolute Gasteiger partial charge is 0.217 e. The standard InChI is InChI=1S/C8H15N2O/c1-7(2)8(3)6-10-9-4-5-11-10/h4-5,7-8H,6H2,1-3H3/q+1. The highest BCUT2D eigenvalue weighted by Crippen LogP contribution is 2.08. The SMILES string of the molecule is CC(C)C(C)C[n+]1ncco1. The summed E-state index contributed by atoms with van der Waals surface area (Å²) in [6, 6.07) is 0. The fourth-order valence-electron chi connectivity index (χ4n) is 0.774. The number of hydrogen-bond donors (Lipinski definition) is 0. The van der Waals surface area contributed by atoms with Crippen molar-refractivity contribution in [1.29, 1.82) is 0 Å². The van der Waals surface area contributed by atoms with E-state index in [-0.39, 0.29) is 0 Å². The molecule has 0 aliphatic rings. The molecular weight excluding hydrogens is 140 g/mol. The van der Waals surface area contributed by atoms with E-state index in [4.69, 9.17) is 4.52 Å². The Morgan fingerprint density at radius 1 is 1.45 bits per heavy atom. The van der Waals surface area contributed by atoms with Crippen molar-refractivity contribution in [3.05, 3.63) is 12.5 Å². The lowest BCUT2D eigenvalue weighted by Gasteiger charge is -2.07. The minimum atomic E-state index is 0.610. The molecule has 0 aromatic carbocycles. The van der Waals surface area contributed by atoms with Crippen molar-refractivity contribution in [3.63, 3.8) is 0 Å². The Labute approximate surface area is 67.0 Å². The first-order valence-corrected chi connectivity index (χ1v) is 4.00. The van der Waals surface area contributed by atoms with Crippen LogP contribution in [0.2, 0.25) is 0 Å². The van der Waals surface area contributed by atoms with E-state index in [1.165, 1.54) is 0 Å². The number of aromatic nitrogens is 2. The minimum Gasteiger partial charge on any atom is -0.217 e. The normalized spacial score (nSPS) is 13.8. The van der Waals surface area contributed by atoms with E-state index in [1.54, 1.807) is 17.3 Å². The van der Waals surface area contributed by atoms with E-state index in [9.17, 15) is 0 Å². The van der Waals surface area contributed by atoms with Crippen molar-refractivity contribution in [2.45, 2.75) is 27.3 Å². The fraction of sp³-hybridized carbons (Fsp3) is 0.750. The van der Waals surface area contributed by atoms with Crippen LogP contribution in [0.5, 0.6) is 0 Å². The predicted molar refractivity (Wildman–Crippen MR) is 40.7 cm³/mol. The van der Waals surface area contributed by atoms with Gasteiger partial charge in [-0.15, -0.1) is 0 Å². The van der Waals surface area contributed by atoms with Gasteiger partial charge in [0.05, 0.1) is 4.85 Å². The fourth-order valence-corrected chi connectivity index (χ4v) is 0.774. The van der Waals surface area contributed by atoms with E-state index in [0.29, 0.717) is 11.8 Å². The highest BCUT2D eigenvalue weighted by Gasteiger charge is 2.15. The first-order valence-electron chi connectivity index (χ1n) is 4.00. The van der Waals surface area contributed by atoms with Gasteiger partial charge < -0.3 is 0 Å². The molecule has 11 heavy (non-hydrogen) atoms. The summed E-state index contributed by atoms with van der Waals surface area (Å²) in [7, 11) is 0. The van der Waals surface area contributed by atoms with Crippen LogP contribution < -0.4 is 4.85 Å². The van der Waals surface area contributed by atoms with Crippen LogP contribution in [0.3, 0.4) is 0 Å². The molecule has 1 aromatic heterocycles. The third-order valence-corrected chi connectivity index (χ3v) is 2.02. The van der Waals surface area contributed by atoms with E-state index in [0.717, 1.165) is 6.54 Å². The van der Waals surface area contributed by atoms with Gasteiger partial charge in [-0.05, 0) is 5.92 Å². The van der Waals surface area contributed by atoms with E-state index in [2.05, 4.69) is 25.9 Å². The second-order valence-electron chi connectivity index (χ2n) is 3.26. The molecule has 3 nitrogen and oxygen atoms in total. The molecule has 0 fully saturated rings. The van der Waals surface area contributed by atoms with Crippen LogP contribution in [0.15, 0.2) is 17.0 Å². The highest BCUT2D eigenvalue weighted by molar-refractivity contribution is 4.50. The third-order valence-electron chi connectivity index (χ3n) is 2.02. The molecule has 1 rings (SSSR count). The molecule has 1 atom stereocenters. The first kappa shape index (κ1) is 8.24. The van der Waals surface area contributed by atoms with Gasteiger partial charge in [-0.25, -0.2) is 4.52 Å².